The number of carbonyl (C=O) groups is 1. The van der Waals surface area contributed by atoms with Crippen molar-refractivity contribution >= 4 is 17.5 Å². The highest BCUT2D eigenvalue weighted by atomic mass is 35.5. The zero-order chi connectivity index (χ0) is 18.1. The quantitative estimate of drug-likeness (QED) is 0.685. The molecule has 0 bridgehead atoms. The van der Waals surface area contributed by atoms with Gasteiger partial charge in [-0.3, -0.25) is 4.79 Å². The van der Waals surface area contributed by atoms with Gasteiger partial charge >= 0.3 is 0 Å². The Labute approximate surface area is 152 Å². The van der Waals surface area contributed by atoms with Crippen molar-refractivity contribution < 1.29 is 19.0 Å². The maximum atomic E-state index is 12.3. The Hall–Kier alpha value is -2.40. The molecule has 2 aromatic carbocycles. The van der Waals surface area contributed by atoms with E-state index in [-0.39, 0.29) is 5.91 Å². The van der Waals surface area contributed by atoms with Crippen LogP contribution in [0.15, 0.2) is 42.5 Å². The van der Waals surface area contributed by atoms with Gasteiger partial charge in [0, 0.05) is 12.1 Å². The molecule has 0 saturated heterocycles. The second-order valence-electron chi connectivity index (χ2n) is 5.19. The molecule has 0 atom stereocenters. The monoisotopic (exact) mass is 363 g/mol. The summed E-state index contributed by atoms with van der Waals surface area (Å²) in [6.07, 6.45) is 0.697. The van der Waals surface area contributed by atoms with Crippen molar-refractivity contribution in [2.24, 2.45) is 0 Å². The molecule has 2 rings (SSSR count). The average Bonchev–Trinajstić information content (AvgIpc) is 2.63. The molecule has 0 aromatic heterocycles. The number of hydrogen-bond acceptors (Lipinski definition) is 4. The molecule has 0 aliphatic rings. The minimum Gasteiger partial charge on any atom is -0.494 e. The van der Waals surface area contributed by atoms with E-state index >= 15 is 0 Å². The first kappa shape index (κ1) is 18.9. The summed E-state index contributed by atoms with van der Waals surface area (Å²) in [5.74, 6) is 1.48. The summed E-state index contributed by atoms with van der Waals surface area (Å²) in [6, 6.07) is 12.8. The fraction of sp³-hybridized carbons (Fsp3) is 0.316. The molecule has 0 spiro atoms. The van der Waals surface area contributed by atoms with E-state index < -0.39 is 0 Å². The summed E-state index contributed by atoms with van der Waals surface area (Å²) in [5, 5.41) is 3.19. The average molecular weight is 364 g/mol. The van der Waals surface area contributed by atoms with Crippen LogP contribution in [0.3, 0.4) is 0 Å². The second-order valence-corrected chi connectivity index (χ2v) is 5.60. The number of nitrogens with one attached hydrogen (secondary N) is 1. The predicted molar refractivity (Wildman–Crippen MR) is 98.1 cm³/mol. The van der Waals surface area contributed by atoms with Gasteiger partial charge in [-0.1, -0.05) is 29.8 Å². The number of amides is 1. The van der Waals surface area contributed by atoms with E-state index in [0.29, 0.717) is 48.3 Å². The molecule has 0 unspecified atom stereocenters. The van der Waals surface area contributed by atoms with Crippen molar-refractivity contribution in [3.05, 3.63) is 53.1 Å². The van der Waals surface area contributed by atoms with E-state index in [1.165, 1.54) is 7.11 Å². The first-order valence-electron chi connectivity index (χ1n) is 8.12. The van der Waals surface area contributed by atoms with Crippen molar-refractivity contribution in [1.82, 2.24) is 5.32 Å². The number of ether oxygens (including phenoxy) is 3. The minimum atomic E-state index is -0.219. The highest BCUT2D eigenvalue weighted by Crippen LogP contribution is 2.36. The van der Waals surface area contributed by atoms with Gasteiger partial charge in [0.2, 0.25) is 0 Å². The van der Waals surface area contributed by atoms with Crippen LogP contribution in [0, 0.1) is 0 Å². The molecule has 0 aliphatic carbocycles. The van der Waals surface area contributed by atoms with Crippen LogP contribution in [-0.4, -0.2) is 32.8 Å². The van der Waals surface area contributed by atoms with Crippen LogP contribution < -0.4 is 19.5 Å². The molecule has 0 aliphatic heterocycles. The van der Waals surface area contributed by atoms with Crippen LogP contribution in [-0.2, 0) is 0 Å². The van der Waals surface area contributed by atoms with Crippen LogP contribution in [0.5, 0.6) is 17.2 Å². The summed E-state index contributed by atoms with van der Waals surface area (Å²) < 4.78 is 16.3. The Morgan fingerprint density at radius 3 is 2.60 bits per heavy atom. The Kier molecular flexibility index (Phi) is 7.41. The highest BCUT2D eigenvalue weighted by Gasteiger charge is 2.15. The van der Waals surface area contributed by atoms with Crippen molar-refractivity contribution in [2.45, 2.75) is 13.3 Å². The lowest BCUT2D eigenvalue weighted by molar-refractivity contribution is 0.0951. The standard InChI is InChI=1S/C19H22ClNO4/c1-3-24-18-16(20)12-14(13-17(18)23-2)19(22)21-10-7-11-25-15-8-5-4-6-9-15/h4-6,8-9,12-13H,3,7,10-11H2,1-2H3,(H,21,22). The lowest BCUT2D eigenvalue weighted by Gasteiger charge is -2.13. The van der Waals surface area contributed by atoms with Crippen molar-refractivity contribution in [3.8, 4) is 17.2 Å². The third-order valence-corrected chi connectivity index (χ3v) is 3.68. The smallest absolute Gasteiger partial charge is 0.251 e. The van der Waals surface area contributed by atoms with Gasteiger partial charge in [0.25, 0.3) is 5.91 Å². The second kappa shape index (κ2) is 9.79. The van der Waals surface area contributed by atoms with Gasteiger partial charge in [0.1, 0.15) is 5.75 Å². The minimum absolute atomic E-state index is 0.219. The molecule has 0 fully saturated rings. The van der Waals surface area contributed by atoms with Crippen LogP contribution >= 0.6 is 11.6 Å². The number of rotatable bonds is 9. The Balaban J connectivity index is 1.85. The van der Waals surface area contributed by atoms with Crippen LogP contribution in [0.4, 0.5) is 0 Å². The van der Waals surface area contributed by atoms with E-state index in [4.69, 9.17) is 25.8 Å². The summed E-state index contributed by atoms with van der Waals surface area (Å²) in [4.78, 5) is 12.3. The van der Waals surface area contributed by atoms with Gasteiger partial charge < -0.3 is 19.5 Å². The third kappa shape index (κ3) is 5.57. The van der Waals surface area contributed by atoms with Crippen LogP contribution in [0.2, 0.25) is 5.02 Å². The Morgan fingerprint density at radius 1 is 1.16 bits per heavy atom. The first-order chi connectivity index (χ1) is 12.2. The normalized spacial score (nSPS) is 10.2. The summed E-state index contributed by atoms with van der Waals surface area (Å²) >= 11 is 6.18. The SMILES string of the molecule is CCOc1c(Cl)cc(C(=O)NCCCOc2ccccc2)cc1OC. The van der Waals surface area contributed by atoms with Crippen molar-refractivity contribution in [2.75, 3.05) is 26.9 Å². The number of benzene rings is 2. The van der Waals surface area contributed by atoms with E-state index in [0.717, 1.165) is 5.75 Å². The lowest BCUT2D eigenvalue weighted by Crippen LogP contribution is -2.25. The third-order valence-electron chi connectivity index (χ3n) is 3.40. The van der Waals surface area contributed by atoms with Crippen LogP contribution in [0.1, 0.15) is 23.7 Å². The molecule has 5 nitrogen and oxygen atoms in total. The van der Waals surface area contributed by atoms with Gasteiger partial charge in [-0.25, -0.2) is 0 Å². The molecule has 0 radical (unpaired) electrons. The number of methoxy groups -OCH3 is 1. The van der Waals surface area contributed by atoms with E-state index in [2.05, 4.69) is 5.32 Å². The molecular formula is C19H22ClNO4. The Bertz CT molecular complexity index is 691. The maximum Gasteiger partial charge on any atom is 0.251 e. The van der Waals surface area contributed by atoms with Crippen molar-refractivity contribution in [1.29, 1.82) is 0 Å². The molecule has 1 amide bonds. The fourth-order valence-electron chi connectivity index (χ4n) is 2.22. The number of halogens is 1. The molecule has 25 heavy (non-hydrogen) atoms. The van der Waals surface area contributed by atoms with Gasteiger partial charge in [0.15, 0.2) is 11.5 Å². The van der Waals surface area contributed by atoms with E-state index in [1.54, 1.807) is 12.1 Å². The maximum absolute atomic E-state index is 12.3. The zero-order valence-corrected chi connectivity index (χ0v) is 15.1. The first-order valence-corrected chi connectivity index (χ1v) is 8.50. The van der Waals surface area contributed by atoms with Crippen molar-refractivity contribution in [3.63, 3.8) is 0 Å². The fourth-order valence-corrected chi connectivity index (χ4v) is 2.48. The van der Waals surface area contributed by atoms with Gasteiger partial charge in [-0.05, 0) is 37.6 Å². The van der Waals surface area contributed by atoms with Gasteiger partial charge in [-0.2, -0.15) is 0 Å². The van der Waals surface area contributed by atoms with Crippen LogP contribution in [0.25, 0.3) is 0 Å². The highest BCUT2D eigenvalue weighted by molar-refractivity contribution is 6.32. The molecule has 134 valence electrons. The van der Waals surface area contributed by atoms with E-state index in [1.807, 2.05) is 37.3 Å². The molecule has 1 N–H and O–H groups in total. The molecule has 0 heterocycles. The Morgan fingerprint density at radius 2 is 1.92 bits per heavy atom. The number of para-hydroxylation sites is 1. The topological polar surface area (TPSA) is 56.8 Å². The summed E-state index contributed by atoms with van der Waals surface area (Å²) in [6.45, 7) is 3.34. The zero-order valence-electron chi connectivity index (χ0n) is 14.4. The summed E-state index contributed by atoms with van der Waals surface area (Å²) in [7, 11) is 1.51. The molecular weight excluding hydrogens is 342 g/mol. The van der Waals surface area contributed by atoms with Gasteiger partial charge in [-0.15, -0.1) is 0 Å². The summed E-state index contributed by atoms with van der Waals surface area (Å²) in [5.41, 5.74) is 0.425. The van der Waals surface area contributed by atoms with Gasteiger partial charge in [0.05, 0.1) is 25.3 Å². The molecule has 0 saturated carbocycles. The predicted octanol–water partition coefficient (Wildman–Crippen LogP) is 3.95. The molecule has 6 heteroatoms. The van der Waals surface area contributed by atoms with E-state index in [9.17, 15) is 4.79 Å². The largest absolute Gasteiger partial charge is 0.494 e. The lowest BCUT2D eigenvalue weighted by atomic mass is 10.2. The number of carbonyl (C=O) groups excluding carboxylic acids is 1. The molecule has 2 aromatic rings. The number of hydrogen-bond donors (Lipinski definition) is 1.